The smallest absolute Gasteiger partial charge is 0.216 e. The second-order valence-corrected chi connectivity index (χ2v) is 2.55. The van der Waals surface area contributed by atoms with Gasteiger partial charge in [0.2, 0.25) is 12.3 Å². The van der Waals surface area contributed by atoms with Crippen LogP contribution in [0.15, 0.2) is 10.8 Å². The van der Waals surface area contributed by atoms with E-state index in [4.69, 9.17) is 4.42 Å². The number of unbranched alkanes of at least 4 members (excludes halogenated alkanes) is 2. The van der Waals surface area contributed by atoms with Gasteiger partial charge < -0.3 is 9.15 Å². The maximum atomic E-state index is 4.97. The number of nitrogens with zero attached hydrogens (tertiary/aromatic N) is 2. The molecule has 0 atom stereocenters. The molecule has 1 radical (unpaired) electrons. The summed E-state index contributed by atoms with van der Waals surface area (Å²) < 4.78 is 9.65. The summed E-state index contributed by atoms with van der Waals surface area (Å²) in [4.78, 5) is 0. The predicted octanol–water partition coefficient (Wildman–Crippen LogP) is 1.59. The second kappa shape index (κ2) is 5.71. The van der Waals surface area contributed by atoms with Gasteiger partial charge in [-0.05, 0) is 12.8 Å². The van der Waals surface area contributed by atoms with Crippen molar-refractivity contribution in [2.24, 2.45) is 0 Å². The first-order valence-electron chi connectivity index (χ1n) is 4.05. The third-order valence-corrected chi connectivity index (χ3v) is 1.58. The maximum absolute atomic E-state index is 4.97. The highest BCUT2D eigenvalue weighted by molar-refractivity contribution is 4.71. The molecule has 4 heteroatoms. The zero-order chi connectivity index (χ0) is 8.65. The van der Waals surface area contributed by atoms with Crippen molar-refractivity contribution in [2.75, 3.05) is 6.61 Å². The van der Waals surface area contributed by atoms with Gasteiger partial charge in [-0.1, -0.05) is 6.42 Å². The molecule has 12 heavy (non-hydrogen) atoms. The van der Waals surface area contributed by atoms with Crippen molar-refractivity contribution >= 4 is 0 Å². The monoisotopic (exact) mass is 169 g/mol. The van der Waals surface area contributed by atoms with Crippen LogP contribution in [0, 0.1) is 7.11 Å². The van der Waals surface area contributed by atoms with Crippen molar-refractivity contribution in [3.8, 4) is 0 Å². The molecule has 67 valence electrons. The summed E-state index contributed by atoms with van der Waals surface area (Å²) in [6, 6.07) is 0. The molecule has 0 amide bonds. The van der Waals surface area contributed by atoms with Crippen molar-refractivity contribution in [3.05, 3.63) is 19.4 Å². The highest BCUT2D eigenvalue weighted by Crippen LogP contribution is 2.02. The predicted molar refractivity (Wildman–Crippen MR) is 43.2 cm³/mol. The zero-order valence-corrected chi connectivity index (χ0v) is 7.03. The van der Waals surface area contributed by atoms with Crippen LogP contribution in [0.25, 0.3) is 0 Å². The summed E-state index contributed by atoms with van der Waals surface area (Å²) in [5.41, 5.74) is 0. The molecule has 0 fully saturated rings. The Kier molecular flexibility index (Phi) is 4.37. The molecule has 0 unspecified atom stereocenters. The molecule has 0 aliphatic rings. The number of aryl methyl sites for hydroxylation is 1. The number of aromatic nitrogens is 2. The van der Waals surface area contributed by atoms with Gasteiger partial charge in [0.15, 0.2) is 0 Å². The van der Waals surface area contributed by atoms with Gasteiger partial charge in [0, 0.05) is 13.0 Å². The molecule has 0 aromatic carbocycles. The lowest BCUT2D eigenvalue weighted by Crippen LogP contribution is -1.89. The molecule has 0 spiro atoms. The summed E-state index contributed by atoms with van der Waals surface area (Å²) in [6.07, 6.45) is 5.42. The highest BCUT2D eigenvalue weighted by atomic mass is 16.5. The molecule has 0 bridgehead atoms. The topological polar surface area (TPSA) is 48.2 Å². The van der Waals surface area contributed by atoms with Crippen LogP contribution in [-0.4, -0.2) is 16.8 Å². The molecule has 0 aliphatic carbocycles. The average molecular weight is 169 g/mol. The van der Waals surface area contributed by atoms with Crippen molar-refractivity contribution in [3.63, 3.8) is 0 Å². The van der Waals surface area contributed by atoms with Crippen LogP contribution in [0.1, 0.15) is 25.2 Å². The SMILES string of the molecule is [CH2]OCCCCCc1nnco1. The van der Waals surface area contributed by atoms with E-state index in [2.05, 4.69) is 22.0 Å². The third-order valence-electron chi connectivity index (χ3n) is 1.58. The van der Waals surface area contributed by atoms with E-state index in [-0.39, 0.29) is 0 Å². The quantitative estimate of drug-likeness (QED) is 0.607. The van der Waals surface area contributed by atoms with E-state index < -0.39 is 0 Å². The first kappa shape index (κ1) is 9.19. The molecule has 0 aliphatic heterocycles. The van der Waals surface area contributed by atoms with Crippen LogP contribution in [0.5, 0.6) is 0 Å². The van der Waals surface area contributed by atoms with E-state index in [9.17, 15) is 0 Å². The Morgan fingerprint density at radius 3 is 3.00 bits per heavy atom. The van der Waals surface area contributed by atoms with Crippen LogP contribution in [-0.2, 0) is 11.2 Å². The van der Waals surface area contributed by atoms with E-state index in [0.29, 0.717) is 5.89 Å². The first-order valence-corrected chi connectivity index (χ1v) is 4.05. The Hall–Kier alpha value is -0.900. The molecule has 1 heterocycles. The van der Waals surface area contributed by atoms with E-state index in [1.165, 1.54) is 6.39 Å². The molecular formula is C8H13N2O2. The van der Waals surface area contributed by atoms with Crippen LogP contribution < -0.4 is 0 Å². The second-order valence-electron chi connectivity index (χ2n) is 2.55. The van der Waals surface area contributed by atoms with Crippen LogP contribution in [0.2, 0.25) is 0 Å². The summed E-state index contributed by atoms with van der Waals surface area (Å²) in [6.45, 7) is 0.726. The highest BCUT2D eigenvalue weighted by Gasteiger charge is 1.97. The molecule has 1 aromatic rings. The van der Waals surface area contributed by atoms with E-state index in [0.717, 1.165) is 32.3 Å². The number of ether oxygens (including phenoxy) is 1. The van der Waals surface area contributed by atoms with Gasteiger partial charge >= 0.3 is 0 Å². The van der Waals surface area contributed by atoms with E-state index in [1.54, 1.807) is 0 Å². The van der Waals surface area contributed by atoms with Gasteiger partial charge in [0.1, 0.15) is 0 Å². The van der Waals surface area contributed by atoms with E-state index in [1.807, 2.05) is 0 Å². The van der Waals surface area contributed by atoms with Gasteiger partial charge in [-0.15, -0.1) is 10.2 Å². The fourth-order valence-electron chi connectivity index (χ4n) is 0.962. The first-order chi connectivity index (χ1) is 5.93. The lowest BCUT2D eigenvalue weighted by atomic mass is 10.2. The fourth-order valence-corrected chi connectivity index (χ4v) is 0.962. The number of hydrogen-bond acceptors (Lipinski definition) is 4. The summed E-state index contributed by atoms with van der Waals surface area (Å²) in [5.74, 6) is 0.713. The standard InChI is InChI=1S/C8H13N2O2/c1-11-6-4-2-3-5-8-10-9-7-12-8/h7H,1-6H2. The van der Waals surface area contributed by atoms with Crippen molar-refractivity contribution in [1.82, 2.24) is 10.2 Å². The Labute approximate surface area is 71.9 Å². The molecule has 1 rings (SSSR count). The van der Waals surface area contributed by atoms with Gasteiger partial charge in [0.25, 0.3) is 0 Å². The lowest BCUT2D eigenvalue weighted by molar-refractivity contribution is 0.233. The minimum absolute atomic E-state index is 0.713. The normalized spacial score (nSPS) is 10.4. The Morgan fingerprint density at radius 1 is 1.42 bits per heavy atom. The van der Waals surface area contributed by atoms with Crippen LogP contribution >= 0.6 is 0 Å². The van der Waals surface area contributed by atoms with Crippen molar-refractivity contribution in [2.45, 2.75) is 25.7 Å². The van der Waals surface area contributed by atoms with Gasteiger partial charge in [-0.25, -0.2) is 0 Å². The summed E-state index contributed by atoms with van der Waals surface area (Å²) >= 11 is 0. The van der Waals surface area contributed by atoms with Crippen LogP contribution in [0.4, 0.5) is 0 Å². The number of hydrogen-bond donors (Lipinski definition) is 0. The average Bonchev–Trinajstić information content (AvgIpc) is 2.57. The molecule has 0 N–H and O–H groups in total. The van der Waals surface area contributed by atoms with Crippen molar-refractivity contribution in [1.29, 1.82) is 0 Å². The minimum Gasteiger partial charge on any atom is -0.428 e. The lowest BCUT2D eigenvalue weighted by Gasteiger charge is -1.96. The largest absolute Gasteiger partial charge is 0.428 e. The Balaban J connectivity index is 1.96. The fraction of sp³-hybridized carbons (Fsp3) is 0.625. The minimum atomic E-state index is 0.713. The number of rotatable bonds is 6. The van der Waals surface area contributed by atoms with Gasteiger partial charge in [-0.3, -0.25) is 0 Å². The molecular weight excluding hydrogens is 156 g/mol. The summed E-state index contributed by atoms with van der Waals surface area (Å²) in [5, 5.41) is 7.36. The third kappa shape index (κ3) is 3.48. The maximum Gasteiger partial charge on any atom is 0.216 e. The summed E-state index contributed by atoms with van der Waals surface area (Å²) in [7, 11) is 3.29. The zero-order valence-electron chi connectivity index (χ0n) is 7.03. The molecule has 4 nitrogen and oxygen atoms in total. The van der Waals surface area contributed by atoms with Crippen LogP contribution in [0.3, 0.4) is 0 Å². The van der Waals surface area contributed by atoms with Gasteiger partial charge in [0.05, 0.1) is 7.11 Å². The molecule has 1 aromatic heterocycles. The Morgan fingerprint density at radius 2 is 2.33 bits per heavy atom. The Bertz CT molecular complexity index is 187. The van der Waals surface area contributed by atoms with E-state index >= 15 is 0 Å². The molecule has 0 saturated heterocycles. The van der Waals surface area contributed by atoms with Gasteiger partial charge in [-0.2, -0.15) is 0 Å². The van der Waals surface area contributed by atoms with Crippen molar-refractivity contribution < 1.29 is 9.15 Å². The molecule has 0 saturated carbocycles.